The average molecular weight is 413 g/mol. The number of amides is 1. The molecule has 1 amide bonds. The van der Waals surface area contributed by atoms with Crippen molar-refractivity contribution in [2.75, 3.05) is 11.9 Å². The molecular weight excluding hydrogens is 384 g/mol. The lowest BCUT2D eigenvalue weighted by molar-refractivity contribution is -0.118. The number of fused-ring (bicyclic) bond motifs is 1. The van der Waals surface area contributed by atoms with Gasteiger partial charge >= 0.3 is 5.76 Å². The van der Waals surface area contributed by atoms with Crippen molar-refractivity contribution in [1.82, 2.24) is 4.57 Å². The van der Waals surface area contributed by atoms with Crippen molar-refractivity contribution in [2.24, 2.45) is 0 Å². The highest BCUT2D eigenvalue weighted by atomic mass is 28.4. The van der Waals surface area contributed by atoms with Gasteiger partial charge in [-0.1, -0.05) is 39.0 Å². The van der Waals surface area contributed by atoms with Gasteiger partial charge in [0.1, 0.15) is 12.3 Å². The fourth-order valence-electron chi connectivity index (χ4n) is 2.74. The van der Waals surface area contributed by atoms with E-state index in [2.05, 4.69) is 33.9 Å². The zero-order valence-electron chi connectivity index (χ0n) is 17.9. The molecule has 0 N–H and O–H groups in total. The van der Waals surface area contributed by atoms with Crippen LogP contribution in [-0.2, 0) is 11.3 Å². The molecule has 0 spiro atoms. The van der Waals surface area contributed by atoms with Crippen LogP contribution in [0.2, 0.25) is 18.1 Å². The van der Waals surface area contributed by atoms with Crippen LogP contribution >= 0.6 is 0 Å². The number of likely N-dealkylation sites (N-methyl/N-ethyl adjacent to an activating group) is 1. The Morgan fingerprint density at radius 2 is 1.79 bits per heavy atom. The molecule has 0 aliphatic heterocycles. The van der Waals surface area contributed by atoms with Crippen LogP contribution in [0.1, 0.15) is 20.8 Å². The van der Waals surface area contributed by atoms with E-state index in [0.717, 1.165) is 5.69 Å². The monoisotopic (exact) mass is 412 g/mol. The van der Waals surface area contributed by atoms with Crippen molar-refractivity contribution in [3.8, 4) is 5.75 Å². The molecule has 0 fully saturated rings. The van der Waals surface area contributed by atoms with Crippen LogP contribution in [0.4, 0.5) is 5.69 Å². The molecule has 6 nitrogen and oxygen atoms in total. The van der Waals surface area contributed by atoms with Crippen molar-refractivity contribution >= 4 is 31.0 Å². The minimum Gasteiger partial charge on any atom is -0.543 e. The smallest absolute Gasteiger partial charge is 0.420 e. The van der Waals surface area contributed by atoms with Gasteiger partial charge in [0.25, 0.3) is 0 Å². The standard InChI is InChI=1S/C22H28N2O4Si/c1-22(2,3)29(5,6)28-17-12-13-19-18(14-17)24(21(26)27-19)15-20(25)23(4)16-10-8-7-9-11-16/h7-14H,15H2,1-6H3. The molecule has 29 heavy (non-hydrogen) atoms. The van der Waals surface area contributed by atoms with E-state index >= 15 is 0 Å². The maximum Gasteiger partial charge on any atom is 0.420 e. The van der Waals surface area contributed by atoms with Gasteiger partial charge in [0.15, 0.2) is 5.58 Å². The van der Waals surface area contributed by atoms with Gasteiger partial charge in [-0.15, -0.1) is 0 Å². The lowest BCUT2D eigenvalue weighted by atomic mass is 10.2. The van der Waals surface area contributed by atoms with Crippen molar-refractivity contribution in [3.05, 3.63) is 59.1 Å². The van der Waals surface area contributed by atoms with E-state index in [4.69, 9.17) is 8.84 Å². The molecule has 154 valence electrons. The number of oxazole rings is 1. The van der Waals surface area contributed by atoms with E-state index in [-0.39, 0.29) is 17.5 Å². The van der Waals surface area contributed by atoms with Gasteiger partial charge in [-0.2, -0.15) is 0 Å². The second-order valence-electron chi connectivity index (χ2n) is 8.73. The summed E-state index contributed by atoms with van der Waals surface area (Å²) in [4.78, 5) is 26.7. The maximum absolute atomic E-state index is 12.8. The first kappa shape index (κ1) is 20.9. The van der Waals surface area contributed by atoms with Crippen LogP contribution in [-0.4, -0.2) is 25.8 Å². The third-order valence-corrected chi connectivity index (χ3v) is 9.99. The third kappa shape index (κ3) is 4.29. The number of hydrogen-bond acceptors (Lipinski definition) is 4. The number of nitrogens with zero attached hydrogens (tertiary/aromatic N) is 2. The number of para-hydroxylation sites is 1. The zero-order valence-corrected chi connectivity index (χ0v) is 18.9. The minimum atomic E-state index is -2.03. The molecule has 3 rings (SSSR count). The van der Waals surface area contributed by atoms with Crippen LogP contribution < -0.4 is 15.1 Å². The summed E-state index contributed by atoms with van der Waals surface area (Å²) in [6.07, 6.45) is 0. The third-order valence-electron chi connectivity index (χ3n) is 5.63. The lowest BCUT2D eigenvalue weighted by Gasteiger charge is -2.36. The normalized spacial score (nSPS) is 12.2. The van der Waals surface area contributed by atoms with Crippen LogP contribution in [0.25, 0.3) is 11.1 Å². The summed E-state index contributed by atoms with van der Waals surface area (Å²) in [6.45, 7) is 10.7. The number of aromatic nitrogens is 1. The average Bonchev–Trinajstić information content (AvgIpc) is 2.95. The topological polar surface area (TPSA) is 64.7 Å². The molecular formula is C22H28N2O4Si. The second kappa shape index (κ2) is 7.55. The quantitative estimate of drug-likeness (QED) is 0.573. The Morgan fingerprint density at radius 1 is 1.14 bits per heavy atom. The van der Waals surface area contributed by atoms with E-state index in [0.29, 0.717) is 16.8 Å². The number of benzene rings is 2. The number of rotatable bonds is 5. The minimum absolute atomic E-state index is 0.0480. The highest BCUT2D eigenvalue weighted by Crippen LogP contribution is 2.37. The van der Waals surface area contributed by atoms with E-state index in [1.165, 1.54) is 9.47 Å². The summed E-state index contributed by atoms with van der Waals surface area (Å²) in [5.41, 5.74) is 1.76. The molecule has 0 unspecified atom stereocenters. The molecule has 0 aliphatic carbocycles. The Morgan fingerprint density at radius 3 is 2.41 bits per heavy atom. The Hall–Kier alpha value is -2.80. The lowest BCUT2D eigenvalue weighted by Crippen LogP contribution is -2.43. The summed E-state index contributed by atoms with van der Waals surface area (Å²) in [5, 5.41) is 0.0480. The first-order chi connectivity index (χ1) is 13.5. The Kier molecular flexibility index (Phi) is 5.45. The van der Waals surface area contributed by atoms with Gasteiger partial charge in [-0.3, -0.25) is 9.36 Å². The molecule has 3 aromatic rings. The molecule has 1 aromatic heterocycles. The number of hydrogen-bond donors (Lipinski definition) is 0. The summed E-state index contributed by atoms with van der Waals surface area (Å²) < 4.78 is 13.0. The summed E-state index contributed by atoms with van der Waals surface area (Å²) >= 11 is 0. The van der Waals surface area contributed by atoms with Gasteiger partial charge < -0.3 is 13.7 Å². The van der Waals surface area contributed by atoms with Crippen LogP contribution in [0, 0.1) is 0 Å². The molecule has 0 saturated carbocycles. The molecule has 2 aromatic carbocycles. The fourth-order valence-corrected chi connectivity index (χ4v) is 3.76. The molecule has 0 aliphatic rings. The Bertz CT molecular complexity index is 1080. The van der Waals surface area contributed by atoms with Crippen molar-refractivity contribution in [1.29, 1.82) is 0 Å². The number of carbonyl (C=O) groups is 1. The zero-order chi connectivity index (χ0) is 21.4. The molecule has 7 heteroatoms. The molecule has 1 heterocycles. The first-order valence-electron chi connectivity index (χ1n) is 9.63. The number of carbonyl (C=O) groups excluding carboxylic acids is 1. The Balaban J connectivity index is 1.91. The summed E-state index contributed by atoms with van der Waals surface area (Å²) in [5.74, 6) is -0.0847. The van der Waals surface area contributed by atoms with Crippen molar-refractivity contribution in [2.45, 2.75) is 45.4 Å². The predicted octanol–water partition coefficient (Wildman–Crippen LogP) is 4.64. The van der Waals surface area contributed by atoms with Crippen LogP contribution in [0.3, 0.4) is 0 Å². The van der Waals surface area contributed by atoms with Gasteiger partial charge in [0, 0.05) is 18.8 Å². The summed E-state index contributed by atoms with van der Waals surface area (Å²) in [7, 11) is -0.339. The largest absolute Gasteiger partial charge is 0.543 e. The fraction of sp³-hybridized carbons (Fsp3) is 0.364. The number of anilines is 1. The van der Waals surface area contributed by atoms with E-state index < -0.39 is 14.1 Å². The maximum atomic E-state index is 12.8. The summed E-state index contributed by atoms with van der Waals surface area (Å²) in [6, 6.07) is 14.6. The first-order valence-corrected chi connectivity index (χ1v) is 12.5. The van der Waals surface area contributed by atoms with Gasteiger partial charge in [-0.05, 0) is 42.4 Å². The molecule has 0 saturated heterocycles. The Labute approximate surface area is 171 Å². The predicted molar refractivity (Wildman–Crippen MR) is 118 cm³/mol. The van der Waals surface area contributed by atoms with Crippen LogP contribution in [0.5, 0.6) is 5.75 Å². The van der Waals surface area contributed by atoms with Crippen molar-refractivity contribution in [3.63, 3.8) is 0 Å². The molecule has 0 atom stereocenters. The van der Waals surface area contributed by atoms with Gasteiger partial charge in [0.05, 0.1) is 5.52 Å². The van der Waals surface area contributed by atoms with E-state index in [1.807, 2.05) is 36.4 Å². The highest BCUT2D eigenvalue weighted by molar-refractivity contribution is 6.74. The van der Waals surface area contributed by atoms with E-state index in [9.17, 15) is 9.59 Å². The molecule has 0 bridgehead atoms. The van der Waals surface area contributed by atoms with Crippen LogP contribution in [0.15, 0.2) is 57.7 Å². The van der Waals surface area contributed by atoms with Gasteiger partial charge in [0.2, 0.25) is 14.2 Å². The highest BCUT2D eigenvalue weighted by Gasteiger charge is 2.39. The van der Waals surface area contributed by atoms with E-state index in [1.54, 1.807) is 19.2 Å². The molecule has 0 radical (unpaired) electrons. The SMILES string of the molecule is CN(C(=O)Cn1c(=O)oc2ccc(O[Si](C)(C)C(C)(C)C)cc21)c1ccccc1. The second-order valence-corrected chi connectivity index (χ2v) is 13.5. The van der Waals surface area contributed by atoms with Gasteiger partial charge in [-0.25, -0.2) is 4.79 Å². The van der Waals surface area contributed by atoms with Crippen molar-refractivity contribution < 1.29 is 13.6 Å².